The highest BCUT2D eigenvalue weighted by molar-refractivity contribution is 9.10. The zero-order valence-electron chi connectivity index (χ0n) is 17.9. The summed E-state index contributed by atoms with van der Waals surface area (Å²) in [6, 6.07) is 10.7. The summed E-state index contributed by atoms with van der Waals surface area (Å²) in [5.41, 5.74) is 0.773. The van der Waals surface area contributed by atoms with Gasteiger partial charge in [0.25, 0.3) is 0 Å². The number of phenols is 1. The number of imide groups is 1. The summed E-state index contributed by atoms with van der Waals surface area (Å²) in [5.74, 6) is -6.11. The van der Waals surface area contributed by atoms with E-state index in [1.165, 1.54) is 30.3 Å². The van der Waals surface area contributed by atoms with Gasteiger partial charge in [-0.3, -0.25) is 14.5 Å². The van der Waals surface area contributed by atoms with Gasteiger partial charge in [0, 0.05) is 21.9 Å². The van der Waals surface area contributed by atoms with Crippen molar-refractivity contribution in [3.05, 3.63) is 52.5 Å². The lowest BCUT2D eigenvalue weighted by Crippen LogP contribution is -2.54. The van der Waals surface area contributed by atoms with Gasteiger partial charge in [-0.2, -0.15) is 0 Å². The molecule has 3 aliphatic rings. The Balaban J connectivity index is 1.53. The van der Waals surface area contributed by atoms with Gasteiger partial charge in [-0.25, -0.2) is 0 Å². The number of rotatable bonds is 4. The molecule has 34 heavy (non-hydrogen) atoms. The minimum absolute atomic E-state index is 0.0256. The number of hydrogen-bond donors (Lipinski definition) is 5. The molecule has 2 aromatic rings. The molecular weight excluding hydrogens is 509 g/mol. The first-order valence-electron chi connectivity index (χ1n) is 11.0. The largest absolute Gasteiger partial charge is 0.508 e. The van der Waals surface area contributed by atoms with Crippen LogP contribution >= 0.6 is 15.9 Å². The number of ether oxygens (including phenoxy) is 1. The number of aliphatic hydroxyl groups is 2. The van der Waals surface area contributed by atoms with Gasteiger partial charge in [0.15, 0.2) is 5.79 Å². The van der Waals surface area contributed by atoms with E-state index in [0.29, 0.717) is 10.0 Å². The number of aromatic hydroxyl groups is 1. The molecule has 9 nitrogen and oxygen atoms in total. The molecule has 0 radical (unpaired) electrons. The summed E-state index contributed by atoms with van der Waals surface area (Å²) in [6.07, 6.45) is -0.528. The number of fused-ring (bicyclic) bond motifs is 3. The lowest BCUT2D eigenvalue weighted by molar-refractivity contribution is -0.274. The first kappa shape index (κ1) is 23.5. The van der Waals surface area contributed by atoms with Crippen molar-refractivity contribution < 1.29 is 39.7 Å². The van der Waals surface area contributed by atoms with E-state index < -0.39 is 61.1 Å². The van der Waals surface area contributed by atoms with Crippen molar-refractivity contribution in [2.45, 2.75) is 24.7 Å². The summed E-state index contributed by atoms with van der Waals surface area (Å²) in [5, 5.41) is 51.0. The Morgan fingerprint density at radius 3 is 2.59 bits per heavy atom. The Labute approximate surface area is 203 Å². The second kappa shape index (κ2) is 8.44. The molecule has 2 heterocycles. The van der Waals surface area contributed by atoms with Gasteiger partial charge in [0.05, 0.1) is 30.2 Å². The Bertz CT molecular complexity index is 1160. The van der Waals surface area contributed by atoms with Crippen LogP contribution in [0.3, 0.4) is 0 Å². The maximum Gasteiger partial charge on any atom is 0.488 e. The normalized spacial score (nSPS) is 32.6. The highest BCUT2D eigenvalue weighted by Crippen LogP contribution is 2.59. The van der Waals surface area contributed by atoms with Crippen LogP contribution in [0.4, 0.5) is 5.69 Å². The zero-order chi connectivity index (χ0) is 24.4. The quantitative estimate of drug-likeness (QED) is 0.281. The first-order chi connectivity index (χ1) is 16.2. The van der Waals surface area contributed by atoms with Crippen LogP contribution < -0.4 is 10.4 Å². The maximum atomic E-state index is 13.6. The number of nitrogens with zero attached hydrogens (tertiary/aromatic N) is 1. The number of anilines is 1. The minimum Gasteiger partial charge on any atom is -0.508 e. The lowest BCUT2D eigenvalue weighted by Gasteiger charge is -2.44. The number of amides is 2. The third-order valence-corrected chi connectivity index (χ3v) is 7.84. The fourth-order valence-corrected chi connectivity index (χ4v) is 6.13. The maximum absolute atomic E-state index is 13.6. The highest BCUT2D eigenvalue weighted by atomic mass is 79.9. The van der Waals surface area contributed by atoms with Crippen molar-refractivity contribution in [1.29, 1.82) is 0 Å². The number of carbonyl (C=O) groups excluding carboxylic acids is 2. The van der Waals surface area contributed by atoms with Gasteiger partial charge in [-0.05, 0) is 48.6 Å². The molecule has 1 saturated carbocycles. The third kappa shape index (κ3) is 3.50. The molecule has 0 aromatic heterocycles. The fourth-order valence-electron chi connectivity index (χ4n) is 5.75. The SMILES string of the molecule is O=C1[C@H]2[C@H](C[C@H](CO)[C@@]3(O)O[C@H](c4cc(Br)ccc4O)C[C@@H]23)C(=O)N1c1cccc(B(O)O)c1. The van der Waals surface area contributed by atoms with Gasteiger partial charge >= 0.3 is 7.12 Å². The number of carbonyl (C=O) groups is 2. The Hall–Kier alpha value is -2.28. The molecule has 2 amide bonds. The van der Waals surface area contributed by atoms with Crippen molar-refractivity contribution in [2.24, 2.45) is 23.7 Å². The second-order valence-corrected chi connectivity index (χ2v) is 10.0. The summed E-state index contributed by atoms with van der Waals surface area (Å²) in [7, 11) is -1.76. The van der Waals surface area contributed by atoms with Gasteiger partial charge in [0.2, 0.25) is 11.8 Å². The van der Waals surface area contributed by atoms with Crippen LogP contribution in [-0.2, 0) is 14.3 Å². The monoisotopic (exact) mass is 531 g/mol. The van der Waals surface area contributed by atoms with Gasteiger partial charge in [-0.1, -0.05) is 28.1 Å². The van der Waals surface area contributed by atoms with Crippen molar-refractivity contribution in [3.63, 3.8) is 0 Å². The average molecular weight is 532 g/mol. The van der Waals surface area contributed by atoms with Crippen LogP contribution in [0, 0.1) is 23.7 Å². The summed E-state index contributed by atoms with van der Waals surface area (Å²) in [6.45, 7) is -0.443. The molecule has 1 aliphatic carbocycles. The van der Waals surface area contributed by atoms with Crippen molar-refractivity contribution >= 4 is 46.0 Å². The standard InChI is InChI=1S/C23H23BBrNO8/c25-13-4-5-18(28)15(8-13)19-9-17-20-16(6-11(10-27)23(17,31)34-19)21(29)26(22(20)30)14-3-1-2-12(7-14)24(32)33/h1-5,7-8,11,16-17,19-20,27-28,31-33H,6,9-10H2/t11-,16+,17+,19+,20+,23-/m1/s1. The molecule has 2 aromatic carbocycles. The van der Waals surface area contributed by atoms with Crippen LogP contribution in [0.25, 0.3) is 0 Å². The van der Waals surface area contributed by atoms with Gasteiger partial charge in [0.1, 0.15) is 5.75 Å². The smallest absolute Gasteiger partial charge is 0.488 e. The number of phenolic OH excluding ortho intramolecular Hbond substituents is 1. The van der Waals surface area contributed by atoms with E-state index in [0.717, 1.165) is 4.90 Å². The van der Waals surface area contributed by atoms with E-state index in [2.05, 4.69) is 15.9 Å². The summed E-state index contributed by atoms with van der Waals surface area (Å²) >= 11 is 3.36. The highest BCUT2D eigenvalue weighted by Gasteiger charge is 2.67. The van der Waals surface area contributed by atoms with E-state index in [1.807, 2.05) is 0 Å². The molecule has 178 valence electrons. The molecule has 0 unspecified atom stereocenters. The molecule has 0 spiro atoms. The van der Waals surface area contributed by atoms with E-state index in [4.69, 9.17) is 4.74 Å². The van der Waals surface area contributed by atoms with Crippen LogP contribution in [-0.4, -0.2) is 56.7 Å². The Morgan fingerprint density at radius 2 is 1.88 bits per heavy atom. The summed E-state index contributed by atoms with van der Waals surface area (Å²) < 4.78 is 6.73. The van der Waals surface area contributed by atoms with E-state index >= 15 is 0 Å². The van der Waals surface area contributed by atoms with Gasteiger partial charge < -0.3 is 30.1 Å². The molecule has 5 rings (SSSR count). The molecule has 3 fully saturated rings. The number of aliphatic hydroxyl groups excluding tert-OH is 1. The van der Waals surface area contributed by atoms with Crippen LogP contribution in [0.15, 0.2) is 46.9 Å². The molecule has 6 atom stereocenters. The second-order valence-electron chi connectivity index (χ2n) is 9.13. The van der Waals surface area contributed by atoms with Gasteiger partial charge in [-0.15, -0.1) is 0 Å². The zero-order valence-corrected chi connectivity index (χ0v) is 19.5. The third-order valence-electron chi connectivity index (χ3n) is 7.35. The molecule has 11 heteroatoms. The van der Waals surface area contributed by atoms with Crippen molar-refractivity contribution in [2.75, 3.05) is 11.5 Å². The van der Waals surface area contributed by atoms with Crippen molar-refractivity contribution in [1.82, 2.24) is 0 Å². The van der Waals surface area contributed by atoms with Crippen LogP contribution in [0.5, 0.6) is 5.75 Å². The molecule has 5 N–H and O–H groups in total. The average Bonchev–Trinajstić information content (AvgIpc) is 3.28. The number of hydrogen-bond acceptors (Lipinski definition) is 8. The molecule has 0 bridgehead atoms. The minimum atomic E-state index is -1.86. The van der Waals surface area contributed by atoms with Crippen LogP contribution in [0.2, 0.25) is 0 Å². The number of halogens is 1. The fraction of sp³-hybridized carbons (Fsp3) is 0.391. The topological polar surface area (TPSA) is 148 Å². The molecule has 2 aliphatic heterocycles. The predicted molar refractivity (Wildman–Crippen MR) is 124 cm³/mol. The van der Waals surface area contributed by atoms with Crippen molar-refractivity contribution in [3.8, 4) is 5.75 Å². The van der Waals surface area contributed by atoms with E-state index in [-0.39, 0.29) is 29.7 Å². The van der Waals surface area contributed by atoms with Crippen LogP contribution in [0.1, 0.15) is 24.5 Å². The predicted octanol–water partition coefficient (Wildman–Crippen LogP) is 0.419. The van der Waals surface area contributed by atoms with E-state index in [1.54, 1.807) is 12.1 Å². The summed E-state index contributed by atoms with van der Waals surface area (Å²) in [4.78, 5) is 28.0. The lowest BCUT2D eigenvalue weighted by atomic mass is 9.64. The van der Waals surface area contributed by atoms with E-state index in [9.17, 15) is 35.0 Å². The Morgan fingerprint density at radius 1 is 1.12 bits per heavy atom. The first-order valence-corrected chi connectivity index (χ1v) is 11.8. The number of benzene rings is 2. The molecular formula is C23H23BBrNO8. The Kier molecular flexibility index (Phi) is 5.82. The molecule has 2 saturated heterocycles.